The van der Waals surface area contributed by atoms with Crippen LogP contribution in [0.2, 0.25) is 0 Å². The summed E-state index contributed by atoms with van der Waals surface area (Å²) >= 11 is 0. The van der Waals surface area contributed by atoms with E-state index in [1.807, 2.05) is 64.4 Å². The fourth-order valence-electron chi connectivity index (χ4n) is 3.62. The van der Waals surface area contributed by atoms with Crippen LogP contribution in [0.15, 0.2) is 65.2 Å². The maximum Gasteiger partial charge on any atom is 0.254 e. The van der Waals surface area contributed by atoms with Crippen LogP contribution in [0.4, 0.5) is 5.82 Å². The van der Waals surface area contributed by atoms with Crippen molar-refractivity contribution in [3.63, 3.8) is 0 Å². The normalized spacial score (nSPS) is 14.2. The summed E-state index contributed by atoms with van der Waals surface area (Å²) in [6, 6.07) is 18.8. The number of benzene rings is 2. The van der Waals surface area contributed by atoms with E-state index in [-0.39, 0.29) is 18.4 Å². The Morgan fingerprint density at radius 2 is 1.75 bits per heavy atom. The van der Waals surface area contributed by atoms with Crippen molar-refractivity contribution in [3.8, 4) is 5.75 Å². The molecule has 0 aliphatic carbocycles. The molecule has 8 heteroatoms. The predicted molar refractivity (Wildman–Crippen MR) is 119 cm³/mol. The maximum atomic E-state index is 13.2. The molecular formula is C24H26N4O4. The highest BCUT2D eigenvalue weighted by atomic mass is 16.5. The largest absolute Gasteiger partial charge is 0.489 e. The fourth-order valence-corrected chi connectivity index (χ4v) is 3.62. The first-order valence-corrected chi connectivity index (χ1v) is 10.6. The number of amides is 2. The van der Waals surface area contributed by atoms with Gasteiger partial charge in [-0.05, 0) is 25.1 Å². The first kappa shape index (κ1) is 21.6. The molecule has 0 radical (unpaired) electrons. The minimum Gasteiger partial charge on any atom is -0.489 e. The number of nitrogens with one attached hydrogen (secondary N) is 1. The van der Waals surface area contributed by atoms with E-state index >= 15 is 0 Å². The van der Waals surface area contributed by atoms with Crippen molar-refractivity contribution >= 4 is 17.6 Å². The van der Waals surface area contributed by atoms with E-state index in [0.29, 0.717) is 49.9 Å². The van der Waals surface area contributed by atoms with E-state index < -0.39 is 0 Å². The van der Waals surface area contributed by atoms with Gasteiger partial charge in [0.05, 0.1) is 6.54 Å². The molecule has 1 fully saturated rings. The zero-order chi connectivity index (χ0) is 22.3. The Balaban J connectivity index is 1.30. The Hall–Kier alpha value is -3.65. The third kappa shape index (κ3) is 5.53. The lowest BCUT2D eigenvalue weighted by Crippen LogP contribution is -2.50. The average Bonchev–Trinajstić information content (AvgIpc) is 3.23. The Morgan fingerprint density at radius 1 is 1.03 bits per heavy atom. The first-order valence-electron chi connectivity index (χ1n) is 10.6. The molecule has 2 aromatic carbocycles. The minimum absolute atomic E-state index is 0.0144. The van der Waals surface area contributed by atoms with Crippen LogP contribution in [0.25, 0.3) is 0 Å². The van der Waals surface area contributed by atoms with Gasteiger partial charge in [0.2, 0.25) is 5.91 Å². The number of carbonyl (C=O) groups is 2. The summed E-state index contributed by atoms with van der Waals surface area (Å²) in [7, 11) is 0. The molecule has 1 N–H and O–H groups in total. The van der Waals surface area contributed by atoms with Gasteiger partial charge in [0.15, 0.2) is 5.82 Å². The summed E-state index contributed by atoms with van der Waals surface area (Å²) in [6.45, 7) is 4.71. The summed E-state index contributed by atoms with van der Waals surface area (Å²) in [6.07, 6.45) is 0. The highest BCUT2D eigenvalue weighted by molar-refractivity contribution is 5.96. The fraction of sp³-hybridized carbons (Fsp3) is 0.292. The third-order valence-electron chi connectivity index (χ3n) is 5.31. The van der Waals surface area contributed by atoms with Gasteiger partial charge in [-0.2, -0.15) is 0 Å². The molecule has 0 spiro atoms. The Morgan fingerprint density at radius 3 is 2.47 bits per heavy atom. The standard InChI is InChI=1S/C24H26N4O4/c1-18-15-22(26-32-18)25-23(29)16-27-11-13-28(14-12-27)24(30)21-10-6-5-7-19(21)17-31-20-8-3-2-4-9-20/h2-10,15H,11-14,16-17H2,1H3,(H,25,26,29). The second kappa shape index (κ2) is 10.1. The van der Waals surface area contributed by atoms with Crippen LogP contribution < -0.4 is 10.1 Å². The number of anilines is 1. The van der Waals surface area contributed by atoms with Gasteiger partial charge < -0.3 is 19.5 Å². The van der Waals surface area contributed by atoms with Crippen LogP contribution in [-0.2, 0) is 11.4 Å². The topological polar surface area (TPSA) is 87.9 Å². The zero-order valence-electron chi connectivity index (χ0n) is 18.0. The van der Waals surface area contributed by atoms with E-state index in [2.05, 4.69) is 10.5 Å². The lowest BCUT2D eigenvalue weighted by atomic mass is 10.1. The van der Waals surface area contributed by atoms with E-state index in [0.717, 1.165) is 11.3 Å². The van der Waals surface area contributed by atoms with Gasteiger partial charge in [-0.25, -0.2) is 0 Å². The predicted octanol–water partition coefficient (Wildman–Crippen LogP) is 2.96. The lowest BCUT2D eigenvalue weighted by molar-refractivity contribution is -0.117. The first-order chi connectivity index (χ1) is 15.6. The highest BCUT2D eigenvalue weighted by Crippen LogP contribution is 2.17. The van der Waals surface area contributed by atoms with E-state index in [9.17, 15) is 9.59 Å². The smallest absolute Gasteiger partial charge is 0.254 e. The molecule has 1 aliphatic rings. The number of aromatic nitrogens is 1. The number of hydrogen-bond donors (Lipinski definition) is 1. The molecule has 1 aromatic heterocycles. The van der Waals surface area contributed by atoms with Crippen LogP contribution in [0.5, 0.6) is 5.75 Å². The molecule has 2 heterocycles. The number of ether oxygens (including phenoxy) is 1. The van der Waals surface area contributed by atoms with Crippen molar-refractivity contribution in [3.05, 3.63) is 77.6 Å². The summed E-state index contributed by atoms with van der Waals surface area (Å²) in [5.41, 5.74) is 1.50. The van der Waals surface area contributed by atoms with Crippen molar-refractivity contribution in [1.82, 2.24) is 15.0 Å². The van der Waals surface area contributed by atoms with Crippen LogP contribution in [0.3, 0.4) is 0 Å². The quantitative estimate of drug-likeness (QED) is 0.615. The molecule has 0 atom stereocenters. The number of aryl methyl sites for hydroxylation is 1. The minimum atomic E-state index is -0.151. The maximum absolute atomic E-state index is 13.2. The molecule has 2 amide bonds. The molecule has 32 heavy (non-hydrogen) atoms. The van der Waals surface area contributed by atoms with Crippen molar-refractivity contribution in [2.45, 2.75) is 13.5 Å². The Bertz CT molecular complexity index is 1060. The summed E-state index contributed by atoms with van der Waals surface area (Å²) in [5, 5.41) is 6.50. The lowest BCUT2D eigenvalue weighted by Gasteiger charge is -2.34. The highest BCUT2D eigenvalue weighted by Gasteiger charge is 2.25. The molecule has 1 aliphatic heterocycles. The van der Waals surface area contributed by atoms with Crippen molar-refractivity contribution < 1.29 is 18.8 Å². The van der Waals surface area contributed by atoms with Gasteiger partial charge in [0.25, 0.3) is 5.91 Å². The van der Waals surface area contributed by atoms with Gasteiger partial charge >= 0.3 is 0 Å². The third-order valence-corrected chi connectivity index (χ3v) is 5.31. The second-order valence-electron chi connectivity index (χ2n) is 7.70. The molecule has 4 rings (SSSR count). The number of piperazine rings is 1. The van der Waals surface area contributed by atoms with Crippen molar-refractivity contribution in [2.75, 3.05) is 38.0 Å². The monoisotopic (exact) mass is 434 g/mol. The molecule has 0 bridgehead atoms. The van der Waals surface area contributed by atoms with Crippen molar-refractivity contribution in [2.24, 2.45) is 0 Å². The zero-order valence-corrected chi connectivity index (χ0v) is 18.0. The number of nitrogens with zero attached hydrogens (tertiary/aromatic N) is 3. The number of carbonyl (C=O) groups excluding carboxylic acids is 2. The summed E-state index contributed by atoms with van der Waals surface area (Å²) in [5.74, 6) is 1.65. The molecule has 1 saturated heterocycles. The van der Waals surface area contributed by atoms with E-state index in [1.54, 1.807) is 13.0 Å². The molecule has 0 saturated carbocycles. The molecular weight excluding hydrogens is 408 g/mol. The molecule has 3 aromatic rings. The molecule has 8 nitrogen and oxygen atoms in total. The average molecular weight is 434 g/mol. The van der Waals surface area contributed by atoms with Crippen LogP contribution in [0, 0.1) is 6.92 Å². The summed E-state index contributed by atoms with van der Waals surface area (Å²) < 4.78 is 10.8. The number of rotatable bonds is 7. The van der Waals surface area contributed by atoms with Gasteiger partial charge in [-0.3, -0.25) is 14.5 Å². The van der Waals surface area contributed by atoms with E-state index in [1.165, 1.54) is 0 Å². The summed E-state index contributed by atoms with van der Waals surface area (Å²) in [4.78, 5) is 29.2. The Labute approximate surface area is 186 Å². The van der Waals surface area contributed by atoms with Gasteiger partial charge in [0, 0.05) is 43.4 Å². The van der Waals surface area contributed by atoms with Crippen LogP contribution >= 0.6 is 0 Å². The number of para-hydroxylation sites is 1. The van der Waals surface area contributed by atoms with Gasteiger partial charge in [0.1, 0.15) is 18.1 Å². The SMILES string of the molecule is Cc1cc(NC(=O)CN2CCN(C(=O)c3ccccc3COc3ccccc3)CC2)no1. The van der Waals surface area contributed by atoms with Crippen LogP contribution in [0.1, 0.15) is 21.7 Å². The van der Waals surface area contributed by atoms with E-state index in [4.69, 9.17) is 9.26 Å². The molecule has 166 valence electrons. The van der Waals surface area contributed by atoms with Crippen molar-refractivity contribution in [1.29, 1.82) is 0 Å². The molecule has 0 unspecified atom stereocenters. The van der Waals surface area contributed by atoms with Gasteiger partial charge in [-0.15, -0.1) is 0 Å². The van der Waals surface area contributed by atoms with Crippen LogP contribution in [-0.4, -0.2) is 59.5 Å². The van der Waals surface area contributed by atoms with Gasteiger partial charge in [-0.1, -0.05) is 41.6 Å². The second-order valence-corrected chi connectivity index (χ2v) is 7.70. The Kier molecular flexibility index (Phi) is 6.81. The number of hydrogen-bond acceptors (Lipinski definition) is 6.